The standard InChI is InChI=1S/C11H9ClN2O2S/c12-10-7(11(15)16)3-9(17-10)14-4-8(13-5-14)6-1-2-6/h3-6H,1-2H2,(H,15,16). The van der Waals surface area contributed by atoms with Gasteiger partial charge in [0.25, 0.3) is 0 Å². The van der Waals surface area contributed by atoms with Crippen molar-refractivity contribution in [1.82, 2.24) is 9.55 Å². The van der Waals surface area contributed by atoms with Crippen LogP contribution in [0.15, 0.2) is 18.6 Å². The van der Waals surface area contributed by atoms with E-state index in [4.69, 9.17) is 16.7 Å². The van der Waals surface area contributed by atoms with Gasteiger partial charge in [-0.15, -0.1) is 11.3 Å². The van der Waals surface area contributed by atoms with E-state index in [1.807, 2.05) is 10.8 Å². The van der Waals surface area contributed by atoms with Crippen LogP contribution in [-0.4, -0.2) is 20.6 Å². The van der Waals surface area contributed by atoms with E-state index in [0.717, 1.165) is 10.7 Å². The van der Waals surface area contributed by atoms with E-state index >= 15 is 0 Å². The zero-order valence-electron chi connectivity index (χ0n) is 8.76. The van der Waals surface area contributed by atoms with E-state index in [1.165, 1.54) is 24.2 Å². The molecule has 0 saturated heterocycles. The van der Waals surface area contributed by atoms with Gasteiger partial charge in [0.2, 0.25) is 0 Å². The lowest BCUT2D eigenvalue weighted by Crippen LogP contribution is -1.93. The highest BCUT2D eigenvalue weighted by Gasteiger charge is 2.26. The predicted molar refractivity (Wildman–Crippen MR) is 65.4 cm³/mol. The van der Waals surface area contributed by atoms with Crippen molar-refractivity contribution in [2.24, 2.45) is 0 Å². The summed E-state index contributed by atoms with van der Waals surface area (Å²) < 4.78 is 2.13. The summed E-state index contributed by atoms with van der Waals surface area (Å²) >= 11 is 7.12. The first-order chi connectivity index (χ1) is 8.15. The van der Waals surface area contributed by atoms with Gasteiger partial charge in [0.1, 0.15) is 15.7 Å². The Labute approximate surface area is 106 Å². The van der Waals surface area contributed by atoms with E-state index in [-0.39, 0.29) is 5.56 Å². The molecule has 6 heteroatoms. The highest BCUT2D eigenvalue weighted by atomic mass is 35.5. The molecule has 0 amide bonds. The van der Waals surface area contributed by atoms with Crippen molar-refractivity contribution in [3.8, 4) is 5.00 Å². The van der Waals surface area contributed by atoms with Gasteiger partial charge in [-0.3, -0.25) is 4.57 Å². The molecule has 1 saturated carbocycles. The molecule has 0 spiro atoms. The first kappa shape index (κ1) is 10.8. The Bertz CT molecular complexity index is 586. The second-order valence-electron chi connectivity index (χ2n) is 4.06. The average Bonchev–Trinajstić information content (AvgIpc) is 2.88. The fourth-order valence-corrected chi connectivity index (χ4v) is 2.87. The average molecular weight is 269 g/mol. The number of aromatic carboxylic acids is 1. The molecule has 0 atom stereocenters. The fourth-order valence-electron chi connectivity index (χ4n) is 1.68. The number of imidazole rings is 1. The number of carboxylic acid groups (broad SMARTS) is 1. The van der Waals surface area contributed by atoms with Crippen LogP contribution in [0.5, 0.6) is 0 Å². The van der Waals surface area contributed by atoms with Gasteiger partial charge in [-0.05, 0) is 18.9 Å². The summed E-state index contributed by atoms with van der Waals surface area (Å²) in [6, 6.07) is 1.58. The van der Waals surface area contributed by atoms with Crippen LogP contribution in [0.2, 0.25) is 4.34 Å². The molecule has 1 fully saturated rings. The van der Waals surface area contributed by atoms with Crippen LogP contribution in [0.25, 0.3) is 5.00 Å². The van der Waals surface area contributed by atoms with Crippen LogP contribution in [-0.2, 0) is 0 Å². The minimum atomic E-state index is -1.000. The van der Waals surface area contributed by atoms with E-state index < -0.39 is 5.97 Å². The third kappa shape index (κ3) is 1.96. The topological polar surface area (TPSA) is 55.1 Å². The van der Waals surface area contributed by atoms with Gasteiger partial charge in [-0.2, -0.15) is 0 Å². The number of carbonyl (C=O) groups is 1. The maximum atomic E-state index is 10.9. The molecule has 1 N–H and O–H groups in total. The Hall–Kier alpha value is -1.33. The molecule has 2 heterocycles. The lowest BCUT2D eigenvalue weighted by molar-refractivity contribution is 0.0697. The molecule has 0 radical (unpaired) electrons. The van der Waals surface area contributed by atoms with Gasteiger partial charge in [0.05, 0.1) is 11.3 Å². The minimum absolute atomic E-state index is 0.147. The molecular formula is C11H9ClN2O2S. The fraction of sp³-hybridized carbons (Fsp3) is 0.273. The molecule has 4 nitrogen and oxygen atoms in total. The number of halogens is 1. The number of hydrogen-bond donors (Lipinski definition) is 1. The van der Waals surface area contributed by atoms with Crippen molar-refractivity contribution in [2.45, 2.75) is 18.8 Å². The van der Waals surface area contributed by atoms with Crippen LogP contribution in [0.3, 0.4) is 0 Å². The number of thiophene rings is 1. The summed E-state index contributed by atoms with van der Waals surface area (Å²) in [5.74, 6) is -0.411. The van der Waals surface area contributed by atoms with Gasteiger partial charge in [0, 0.05) is 12.1 Å². The van der Waals surface area contributed by atoms with Crippen LogP contribution < -0.4 is 0 Å². The Balaban J connectivity index is 1.96. The first-order valence-electron chi connectivity index (χ1n) is 5.22. The molecule has 88 valence electrons. The smallest absolute Gasteiger partial charge is 0.338 e. The maximum absolute atomic E-state index is 10.9. The van der Waals surface area contributed by atoms with Crippen LogP contribution in [0, 0.1) is 0 Å². The SMILES string of the molecule is O=C(O)c1cc(-n2cnc(C3CC3)c2)sc1Cl. The minimum Gasteiger partial charge on any atom is -0.478 e. The zero-order valence-corrected chi connectivity index (χ0v) is 10.3. The highest BCUT2D eigenvalue weighted by Crippen LogP contribution is 2.39. The quantitative estimate of drug-likeness (QED) is 0.930. The summed E-state index contributed by atoms with van der Waals surface area (Å²) in [7, 11) is 0. The predicted octanol–water partition coefficient (Wildman–Crippen LogP) is 3.16. The highest BCUT2D eigenvalue weighted by molar-refractivity contribution is 7.18. The molecule has 1 aliphatic rings. The third-order valence-electron chi connectivity index (χ3n) is 2.76. The summed E-state index contributed by atoms with van der Waals surface area (Å²) in [6.07, 6.45) is 6.05. The largest absolute Gasteiger partial charge is 0.478 e. The lowest BCUT2D eigenvalue weighted by atomic mass is 10.3. The first-order valence-corrected chi connectivity index (χ1v) is 6.41. The van der Waals surface area contributed by atoms with Crippen molar-refractivity contribution in [3.05, 3.63) is 34.2 Å². The van der Waals surface area contributed by atoms with E-state index in [9.17, 15) is 4.79 Å². The molecule has 0 aliphatic heterocycles. The number of rotatable bonds is 3. The van der Waals surface area contributed by atoms with Gasteiger partial charge >= 0.3 is 5.97 Å². The second-order valence-corrected chi connectivity index (χ2v) is 5.69. The number of hydrogen-bond acceptors (Lipinski definition) is 3. The van der Waals surface area contributed by atoms with Gasteiger partial charge < -0.3 is 5.11 Å². The molecule has 0 unspecified atom stereocenters. The molecule has 2 aromatic heterocycles. The van der Waals surface area contributed by atoms with Gasteiger partial charge in [0.15, 0.2) is 0 Å². The Morgan fingerprint density at radius 2 is 2.35 bits per heavy atom. The Kier molecular flexibility index (Phi) is 2.45. The molecular weight excluding hydrogens is 260 g/mol. The summed E-state index contributed by atoms with van der Waals surface area (Å²) in [4.78, 5) is 15.2. The van der Waals surface area contributed by atoms with Gasteiger partial charge in [-0.25, -0.2) is 9.78 Å². The summed E-state index contributed by atoms with van der Waals surface area (Å²) in [5.41, 5.74) is 1.22. The number of carboxylic acids is 1. The molecule has 17 heavy (non-hydrogen) atoms. The van der Waals surface area contributed by atoms with Crippen LogP contribution in [0.1, 0.15) is 34.8 Å². The van der Waals surface area contributed by atoms with Crippen molar-refractivity contribution in [2.75, 3.05) is 0 Å². The van der Waals surface area contributed by atoms with Crippen LogP contribution >= 0.6 is 22.9 Å². The Morgan fingerprint density at radius 3 is 2.94 bits per heavy atom. The molecule has 0 bridgehead atoms. The molecule has 1 aliphatic carbocycles. The molecule has 3 rings (SSSR count). The summed E-state index contributed by atoms with van der Waals surface area (Å²) in [5, 5.41) is 9.71. The lowest BCUT2D eigenvalue weighted by Gasteiger charge is -1.94. The Morgan fingerprint density at radius 1 is 1.59 bits per heavy atom. The number of aromatic nitrogens is 2. The van der Waals surface area contributed by atoms with Crippen molar-refractivity contribution in [3.63, 3.8) is 0 Å². The van der Waals surface area contributed by atoms with E-state index in [1.54, 1.807) is 12.4 Å². The summed E-state index contributed by atoms with van der Waals surface area (Å²) in [6.45, 7) is 0. The number of nitrogens with zero attached hydrogens (tertiary/aromatic N) is 2. The maximum Gasteiger partial charge on any atom is 0.338 e. The van der Waals surface area contributed by atoms with Gasteiger partial charge in [-0.1, -0.05) is 11.6 Å². The van der Waals surface area contributed by atoms with Crippen molar-refractivity contribution in [1.29, 1.82) is 0 Å². The monoisotopic (exact) mass is 268 g/mol. The van der Waals surface area contributed by atoms with E-state index in [2.05, 4.69) is 4.98 Å². The zero-order chi connectivity index (χ0) is 12.0. The van der Waals surface area contributed by atoms with Crippen molar-refractivity contribution >= 4 is 28.9 Å². The van der Waals surface area contributed by atoms with Crippen LogP contribution in [0.4, 0.5) is 0 Å². The molecule has 2 aromatic rings. The van der Waals surface area contributed by atoms with E-state index in [0.29, 0.717) is 10.3 Å². The third-order valence-corrected chi connectivity index (χ3v) is 4.13. The second kappa shape index (κ2) is 3.85. The van der Waals surface area contributed by atoms with Crippen molar-refractivity contribution < 1.29 is 9.90 Å². The molecule has 0 aromatic carbocycles. The normalized spacial score (nSPS) is 15.1.